The zero-order valence-electron chi connectivity index (χ0n) is 11.9. The fraction of sp³-hybridized carbons (Fsp3) is 0.571. The third-order valence-corrected chi connectivity index (χ3v) is 4.51. The van der Waals surface area contributed by atoms with E-state index in [0.29, 0.717) is 6.42 Å². The monoisotopic (exact) mass is 285 g/mol. The fourth-order valence-electron chi connectivity index (χ4n) is 1.66. The molecule has 0 fully saturated rings. The molecule has 4 nitrogen and oxygen atoms in total. The van der Waals surface area contributed by atoms with Gasteiger partial charge >= 0.3 is 0 Å². The molecule has 0 saturated carbocycles. The van der Waals surface area contributed by atoms with Crippen LogP contribution in [0.4, 0.5) is 0 Å². The predicted octanol–water partition coefficient (Wildman–Crippen LogP) is 1.93. The first-order valence-corrected chi connectivity index (χ1v) is 8.00. The molecule has 2 N–H and O–H groups in total. The van der Waals surface area contributed by atoms with Crippen molar-refractivity contribution in [3.63, 3.8) is 0 Å². The zero-order chi connectivity index (χ0) is 14.6. The Kier molecular flexibility index (Phi) is 5.52. The second-order valence-electron chi connectivity index (χ2n) is 5.44. The van der Waals surface area contributed by atoms with Crippen LogP contribution in [-0.2, 0) is 16.4 Å². The van der Waals surface area contributed by atoms with Crippen LogP contribution in [0.5, 0.6) is 0 Å². The van der Waals surface area contributed by atoms with Crippen LogP contribution in [0.15, 0.2) is 29.2 Å². The number of aliphatic hydroxyl groups is 1. The summed E-state index contributed by atoms with van der Waals surface area (Å²) in [6.45, 7) is 7.47. The molecule has 5 heteroatoms. The molecule has 1 aromatic rings. The minimum Gasteiger partial charge on any atom is -0.393 e. The summed E-state index contributed by atoms with van der Waals surface area (Å²) in [7, 11) is -3.43. The maximum atomic E-state index is 11.9. The van der Waals surface area contributed by atoms with Crippen molar-refractivity contribution in [1.29, 1.82) is 0 Å². The van der Waals surface area contributed by atoms with Crippen LogP contribution in [0.1, 0.15) is 33.3 Å². The molecule has 0 aliphatic heterocycles. The maximum Gasteiger partial charge on any atom is 0.240 e. The Morgan fingerprint density at radius 3 is 2.05 bits per heavy atom. The molecule has 0 spiro atoms. The van der Waals surface area contributed by atoms with Crippen molar-refractivity contribution in [2.45, 2.75) is 51.2 Å². The number of hydrogen-bond acceptors (Lipinski definition) is 3. The number of sulfonamides is 1. The van der Waals surface area contributed by atoms with Gasteiger partial charge in [0.2, 0.25) is 10.0 Å². The molecule has 0 amide bonds. The molecular weight excluding hydrogens is 262 g/mol. The van der Waals surface area contributed by atoms with Gasteiger partial charge in [0.05, 0.1) is 11.0 Å². The van der Waals surface area contributed by atoms with Gasteiger partial charge in [0.15, 0.2) is 0 Å². The van der Waals surface area contributed by atoms with Gasteiger partial charge in [-0.3, -0.25) is 0 Å². The summed E-state index contributed by atoms with van der Waals surface area (Å²) >= 11 is 0. The molecule has 108 valence electrons. The van der Waals surface area contributed by atoms with E-state index in [9.17, 15) is 13.5 Å². The molecule has 0 aliphatic carbocycles. The van der Waals surface area contributed by atoms with Crippen molar-refractivity contribution < 1.29 is 13.5 Å². The fourth-order valence-corrected chi connectivity index (χ4v) is 2.91. The van der Waals surface area contributed by atoms with Crippen LogP contribution >= 0.6 is 0 Å². The highest BCUT2D eigenvalue weighted by atomic mass is 32.2. The summed E-state index contributed by atoms with van der Waals surface area (Å²) in [6, 6.07) is 6.52. The van der Waals surface area contributed by atoms with Crippen molar-refractivity contribution in [3.8, 4) is 0 Å². The van der Waals surface area contributed by atoms with E-state index in [-0.39, 0.29) is 16.9 Å². The molecule has 19 heavy (non-hydrogen) atoms. The molecule has 0 saturated heterocycles. The molecule has 1 rings (SSSR count). The second kappa shape index (κ2) is 6.50. The Bertz CT molecular complexity index is 492. The lowest BCUT2D eigenvalue weighted by Gasteiger charge is -2.15. The van der Waals surface area contributed by atoms with Gasteiger partial charge in [-0.25, -0.2) is 13.1 Å². The average Bonchev–Trinajstić information content (AvgIpc) is 2.27. The van der Waals surface area contributed by atoms with Gasteiger partial charge in [0.1, 0.15) is 0 Å². The molecule has 0 aliphatic rings. The van der Waals surface area contributed by atoms with E-state index in [2.05, 4.69) is 4.72 Å². The molecule has 0 radical (unpaired) electrons. The summed E-state index contributed by atoms with van der Waals surface area (Å²) in [5.74, 6) is 0.186. The highest BCUT2D eigenvalue weighted by molar-refractivity contribution is 7.89. The van der Waals surface area contributed by atoms with E-state index in [1.165, 1.54) is 0 Å². The topological polar surface area (TPSA) is 66.4 Å². The van der Waals surface area contributed by atoms with Gasteiger partial charge in [0, 0.05) is 6.04 Å². The third-order valence-electron chi connectivity index (χ3n) is 2.84. The van der Waals surface area contributed by atoms with Gasteiger partial charge in [-0.1, -0.05) is 26.0 Å². The second-order valence-corrected chi connectivity index (χ2v) is 7.15. The number of nitrogens with one attached hydrogen (secondary N) is 1. The number of aliphatic hydroxyl groups excluding tert-OH is 1. The minimum atomic E-state index is -3.43. The van der Waals surface area contributed by atoms with Crippen molar-refractivity contribution in [2.24, 2.45) is 5.92 Å². The highest BCUT2D eigenvalue weighted by Gasteiger charge is 2.15. The van der Waals surface area contributed by atoms with Crippen molar-refractivity contribution >= 4 is 10.0 Å². The van der Waals surface area contributed by atoms with Crippen molar-refractivity contribution in [3.05, 3.63) is 29.8 Å². The first-order valence-electron chi connectivity index (χ1n) is 6.51. The number of benzene rings is 1. The van der Waals surface area contributed by atoms with Gasteiger partial charge in [0.25, 0.3) is 0 Å². The third kappa shape index (κ3) is 4.93. The van der Waals surface area contributed by atoms with Gasteiger partial charge in [-0.15, -0.1) is 0 Å². The minimum absolute atomic E-state index is 0.132. The first kappa shape index (κ1) is 16.1. The quantitative estimate of drug-likeness (QED) is 0.839. The van der Waals surface area contributed by atoms with E-state index < -0.39 is 16.1 Å². The zero-order valence-corrected chi connectivity index (χ0v) is 12.7. The number of hydrogen-bond donors (Lipinski definition) is 2. The summed E-state index contributed by atoms with van der Waals surface area (Å²) < 4.78 is 26.4. The van der Waals surface area contributed by atoms with Gasteiger partial charge in [-0.05, 0) is 43.9 Å². The Hall–Kier alpha value is -0.910. The SMILES string of the molecule is CC(C)NS(=O)(=O)c1ccc(CC(O)C(C)C)cc1. The number of rotatable bonds is 6. The van der Waals surface area contributed by atoms with Crippen LogP contribution in [0.2, 0.25) is 0 Å². The normalized spacial score (nSPS) is 14.1. The standard InChI is InChI=1S/C14H23NO3S/c1-10(2)14(16)9-12-5-7-13(8-6-12)19(17,18)15-11(3)4/h5-8,10-11,14-16H,9H2,1-4H3. The van der Waals surface area contributed by atoms with E-state index in [1.54, 1.807) is 38.1 Å². The van der Waals surface area contributed by atoms with Crippen molar-refractivity contribution in [2.75, 3.05) is 0 Å². The predicted molar refractivity (Wildman–Crippen MR) is 76.4 cm³/mol. The van der Waals surface area contributed by atoms with Crippen molar-refractivity contribution in [1.82, 2.24) is 4.72 Å². The largest absolute Gasteiger partial charge is 0.393 e. The van der Waals surface area contributed by atoms with Crippen LogP contribution in [0.25, 0.3) is 0 Å². The lowest BCUT2D eigenvalue weighted by molar-refractivity contribution is 0.125. The Balaban J connectivity index is 2.82. The summed E-state index contributed by atoms with van der Waals surface area (Å²) in [6.07, 6.45) is 0.131. The van der Waals surface area contributed by atoms with Crippen LogP contribution in [0, 0.1) is 5.92 Å². The molecular formula is C14H23NO3S. The average molecular weight is 285 g/mol. The lowest BCUT2D eigenvalue weighted by Crippen LogP contribution is -2.30. The first-order chi connectivity index (χ1) is 8.72. The molecule has 0 aromatic heterocycles. The lowest BCUT2D eigenvalue weighted by atomic mass is 9.99. The van der Waals surface area contributed by atoms with Crippen LogP contribution in [-0.4, -0.2) is 25.7 Å². The summed E-state index contributed by atoms with van der Waals surface area (Å²) in [5, 5.41) is 9.80. The van der Waals surface area contributed by atoms with Crippen LogP contribution < -0.4 is 4.72 Å². The smallest absolute Gasteiger partial charge is 0.240 e. The van der Waals surface area contributed by atoms with Gasteiger partial charge in [-0.2, -0.15) is 0 Å². The van der Waals surface area contributed by atoms with Crippen LogP contribution in [0.3, 0.4) is 0 Å². The van der Waals surface area contributed by atoms with E-state index in [1.807, 2.05) is 13.8 Å². The highest BCUT2D eigenvalue weighted by Crippen LogP contribution is 2.14. The Labute approximate surface area is 115 Å². The molecule has 1 unspecified atom stereocenters. The Morgan fingerprint density at radius 1 is 1.11 bits per heavy atom. The summed E-state index contributed by atoms with van der Waals surface area (Å²) in [5.41, 5.74) is 0.935. The van der Waals surface area contributed by atoms with E-state index >= 15 is 0 Å². The van der Waals surface area contributed by atoms with Gasteiger partial charge < -0.3 is 5.11 Å². The molecule has 0 heterocycles. The molecule has 1 aromatic carbocycles. The van der Waals surface area contributed by atoms with E-state index in [4.69, 9.17) is 0 Å². The summed E-state index contributed by atoms with van der Waals surface area (Å²) in [4.78, 5) is 0.254. The Morgan fingerprint density at radius 2 is 1.63 bits per heavy atom. The van der Waals surface area contributed by atoms with E-state index in [0.717, 1.165) is 5.56 Å². The molecule has 1 atom stereocenters. The maximum absolute atomic E-state index is 11.9. The molecule has 0 bridgehead atoms.